The second-order valence-electron chi connectivity index (χ2n) is 4.16. The molecule has 1 nitrogen and oxygen atoms in total. The Bertz CT molecular complexity index is 618. The number of aromatic nitrogens is 1. The van der Waals surface area contributed by atoms with Gasteiger partial charge in [-0.2, -0.15) is 13.2 Å². The van der Waals surface area contributed by atoms with Crippen molar-refractivity contribution in [2.75, 3.05) is 0 Å². The minimum Gasteiger partial charge on any atom is -0.253 e. The average molecular weight is 275 g/mol. The SMILES string of the molecule is CCCc1cc(C(F)(F)F)c2c(F)c(F)ccc2n1. The lowest BCUT2D eigenvalue weighted by atomic mass is 10.0. The van der Waals surface area contributed by atoms with E-state index in [4.69, 9.17) is 0 Å². The van der Waals surface area contributed by atoms with Crippen molar-refractivity contribution in [1.29, 1.82) is 0 Å². The third kappa shape index (κ3) is 2.52. The highest BCUT2D eigenvalue weighted by Crippen LogP contribution is 2.36. The first-order chi connectivity index (χ1) is 8.84. The molecule has 0 saturated heterocycles. The molecule has 0 aliphatic carbocycles. The van der Waals surface area contributed by atoms with Crippen LogP contribution in [0, 0.1) is 11.6 Å². The molecule has 0 aliphatic heterocycles. The molecule has 0 spiro atoms. The van der Waals surface area contributed by atoms with E-state index in [1.54, 1.807) is 6.92 Å². The Labute approximate surface area is 106 Å². The van der Waals surface area contributed by atoms with E-state index in [1.165, 1.54) is 0 Å². The molecule has 102 valence electrons. The normalized spacial score (nSPS) is 12.1. The largest absolute Gasteiger partial charge is 0.417 e. The number of fused-ring (bicyclic) bond motifs is 1. The summed E-state index contributed by atoms with van der Waals surface area (Å²) in [5.74, 6) is -2.83. The van der Waals surface area contributed by atoms with Gasteiger partial charge in [-0.05, 0) is 24.6 Å². The van der Waals surface area contributed by atoms with Crippen molar-refractivity contribution in [3.05, 3.63) is 41.1 Å². The van der Waals surface area contributed by atoms with Gasteiger partial charge in [0.1, 0.15) is 0 Å². The highest BCUT2D eigenvalue weighted by atomic mass is 19.4. The summed E-state index contributed by atoms with van der Waals surface area (Å²) in [5.41, 5.74) is -1.15. The van der Waals surface area contributed by atoms with Gasteiger partial charge in [0.25, 0.3) is 0 Å². The molecule has 1 aromatic heterocycles. The molecule has 0 saturated carbocycles. The third-order valence-corrected chi connectivity index (χ3v) is 2.73. The predicted octanol–water partition coefficient (Wildman–Crippen LogP) is 4.48. The summed E-state index contributed by atoms with van der Waals surface area (Å²) in [6.07, 6.45) is -3.80. The standard InChI is InChI=1S/C13H10F5N/c1-2-3-7-6-8(13(16,17)18)11-10(19-7)5-4-9(14)12(11)15/h4-6H,2-3H2,1H3. The highest BCUT2D eigenvalue weighted by molar-refractivity contribution is 5.83. The van der Waals surface area contributed by atoms with Gasteiger partial charge in [0.2, 0.25) is 0 Å². The monoisotopic (exact) mass is 275 g/mol. The predicted molar refractivity (Wildman–Crippen MR) is 60.7 cm³/mol. The Kier molecular flexibility index (Phi) is 3.43. The van der Waals surface area contributed by atoms with Crippen molar-refractivity contribution in [3.8, 4) is 0 Å². The van der Waals surface area contributed by atoms with Crippen molar-refractivity contribution >= 4 is 10.9 Å². The number of pyridine rings is 1. The molecular formula is C13H10F5N. The number of alkyl halides is 3. The first kappa shape index (κ1) is 13.7. The van der Waals surface area contributed by atoms with Crippen LogP contribution in [0.5, 0.6) is 0 Å². The minimum absolute atomic E-state index is 0.183. The fraction of sp³-hybridized carbons (Fsp3) is 0.308. The second-order valence-corrected chi connectivity index (χ2v) is 4.16. The van der Waals surface area contributed by atoms with Crippen LogP contribution in [0.15, 0.2) is 18.2 Å². The second kappa shape index (κ2) is 4.75. The van der Waals surface area contributed by atoms with Crippen molar-refractivity contribution in [2.45, 2.75) is 25.9 Å². The first-order valence-corrected chi connectivity index (χ1v) is 5.69. The lowest BCUT2D eigenvalue weighted by Crippen LogP contribution is -2.09. The van der Waals surface area contributed by atoms with E-state index in [2.05, 4.69) is 4.98 Å². The van der Waals surface area contributed by atoms with Gasteiger partial charge in [0.05, 0.1) is 16.5 Å². The molecule has 1 aromatic carbocycles. The zero-order chi connectivity index (χ0) is 14.2. The van der Waals surface area contributed by atoms with Gasteiger partial charge >= 0.3 is 6.18 Å². The molecule has 6 heteroatoms. The van der Waals surface area contributed by atoms with Crippen LogP contribution < -0.4 is 0 Å². The molecule has 2 aromatic rings. The maximum Gasteiger partial charge on any atom is 0.417 e. The summed E-state index contributed by atoms with van der Waals surface area (Å²) in [6, 6.07) is 2.62. The van der Waals surface area contributed by atoms with Gasteiger partial charge in [-0.3, -0.25) is 4.98 Å². The van der Waals surface area contributed by atoms with Crippen LogP contribution in [0.4, 0.5) is 22.0 Å². The number of hydrogen-bond acceptors (Lipinski definition) is 1. The van der Waals surface area contributed by atoms with Gasteiger partial charge in [-0.15, -0.1) is 0 Å². The summed E-state index contributed by atoms with van der Waals surface area (Å²) in [4.78, 5) is 3.93. The molecule has 0 N–H and O–H groups in total. The Morgan fingerprint density at radius 3 is 2.42 bits per heavy atom. The zero-order valence-electron chi connectivity index (χ0n) is 9.98. The number of rotatable bonds is 2. The lowest BCUT2D eigenvalue weighted by Gasteiger charge is -2.13. The van der Waals surface area contributed by atoms with Gasteiger partial charge in [0.15, 0.2) is 11.6 Å². The number of nitrogens with zero attached hydrogens (tertiary/aromatic N) is 1. The Hall–Kier alpha value is -1.72. The van der Waals surface area contributed by atoms with E-state index in [0.29, 0.717) is 12.8 Å². The molecule has 0 bridgehead atoms. The lowest BCUT2D eigenvalue weighted by molar-refractivity contribution is -0.136. The van der Waals surface area contributed by atoms with E-state index in [0.717, 1.165) is 18.2 Å². The van der Waals surface area contributed by atoms with Crippen molar-refractivity contribution in [3.63, 3.8) is 0 Å². The average Bonchev–Trinajstić information content (AvgIpc) is 2.32. The maximum absolute atomic E-state index is 13.6. The van der Waals surface area contributed by atoms with Gasteiger partial charge in [0, 0.05) is 5.69 Å². The van der Waals surface area contributed by atoms with Gasteiger partial charge in [-0.1, -0.05) is 13.3 Å². The van der Waals surface area contributed by atoms with E-state index in [-0.39, 0.29) is 11.2 Å². The van der Waals surface area contributed by atoms with Crippen molar-refractivity contribution in [2.24, 2.45) is 0 Å². The van der Waals surface area contributed by atoms with Crippen LogP contribution in [-0.2, 0) is 12.6 Å². The summed E-state index contributed by atoms with van der Waals surface area (Å²) in [5, 5.41) is -0.813. The zero-order valence-corrected chi connectivity index (χ0v) is 9.98. The van der Waals surface area contributed by atoms with Crippen LogP contribution >= 0.6 is 0 Å². The maximum atomic E-state index is 13.6. The van der Waals surface area contributed by atoms with E-state index in [9.17, 15) is 22.0 Å². The molecule has 0 aliphatic rings. The molecule has 1 heterocycles. The van der Waals surface area contributed by atoms with Crippen LogP contribution in [0.1, 0.15) is 24.6 Å². The Morgan fingerprint density at radius 1 is 1.16 bits per heavy atom. The minimum atomic E-state index is -4.75. The van der Waals surface area contributed by atoms with Crippen LogP contribution in [0.3, 0.4) is 0 Å². The summed E-state index contributed by atoms with van der Waals surface area (Å²) >= 11 is 0. The molecular weight excluding hydrogens is 265 g/mol. The first-order valence-electron chi connectivity index (χ1n) is 5.69. The molecule has 0 fully saturated rings. The smallest absolute Gasteiger partial charge is 0.253 e. The Morgan fingerprint density at radius 2 is 1.84 bits per heavy atom. The quantitative estimate of drug-likeness (QED) is 0.736. The Balaban J connectivity index is 2.83. The molecule has 0 atom stereocenters. The van der Waals surface area contributed by atoms with E-state index < -0.39 is 28.8 Å². The number of halogens is 5. The highest BCUT2D eigenvalue weighted by Gasteiger charge is 2.35. The number of hydrogen-bond donors (Lipinski definition) is 0. The molecule has 0 radical (unpaired) electrons. The van der Waals surface area contributed by atoms with Crippen LogP contribution in [0.25, 0.3) is 10.9 Å². The van der Waals surface area contributed by atoms with Crippen LogP contribution in [0.2, 0.25) is 0 Å². The van der Waals surface area contributed by atoms with E-state index in [1.807, 2.05) is 0 Å². The summed E-state index contributed by atoms with van der Waals surface area (Å²) in [7, 11) is 0. The number of benzene rings is 1. The summed E-state index contributed by atoms with van der Waals surface area (Å²) < 4.78 is 65.5. The van der Waals surface area contributed by atoms with Crippen molar-refractivity contribution in [1.82, 2.24) is 4.98 Å². The third-order valence-electron chi connectivity index (χ3n) is 2.73. The summed E-state index contributed by atoms with van der Waals surface area (Å²) in [6.45, 7) is 1.80. The van der Waals surface area contributed by atoms with Gasteiger partial charge in [-0.25, -0.2) is 8.78 Å². The van der Waals surface area contributed by atoms with Crippen molar-refractivity contribution < 1.29 is 22.0 Å². The molecule has 0 amide bonds. The fourth-order valence-electron chi connectivity index (χ4n) is 1.92. The molecule has 2 rings (SSSR count). The fourth-order valence-corrected chi connectivity index (χ4v) is 1.92. The number of aryl methyl sites for hydroxylation is 1. The molecule has 19 heavy (non-hydrogen) atoms. The van der Waals surface area contributed by atoms with Gasteiger partial charge < -0.3 is 0 Å². The van der Waals surface area contributed by atoms with Crippen LogP contribution in [-0.4, -0.2) is 4.98 Å². The molecule has 0 unspecified atom stereocenters. The van der Waals surface area contributed by atoms with E-state index >= 15 is 0 Å². The topological polar surface area (TPSA) is 12.9 Å².